The molecule has 0 bridgehead atoms. The second kappa shape index (κ2) is 5.67. The number of hydrogen-bond acceptors (Lipinski definition) is 4. The predicted molar refractivity (Wildman–Crippen MR) is 77.6 cm³/mol. The van der Waals surface area contributed by atoms with E-state index < -0.39 is 5.60 Å². The van der Waals surface area contributed by atoms with E-state index in [0.717, 1.165) is 5.39 Å². The van der Waals surface area contributed by atoms with E-state index in [9.17, 15) is 9.90 Å². The molecule has 1 aromatic heterocycles. The molecule has 0 aliphatic carbocycles. The quantitative estimate of drug-likeness (QED) is 0.881. The highest BCUT2D eigenvalue weighted by molar-refractivity contribution is 7.98. The molecule has 2 rings (SSSR count). The molecule has 4 nitrogen and oxygen atoms in total. The molecule has 1 aromatic carbocycles. The van der Waals surface area contributed by atoms with E-state index in [0.29, 0.717) is 11.3 Å². The van der Waals surface area contributed by atoms with Crippen LogP contribution in [0.3, 0.4) is 0 Å². The molecule has 1 heterocycles. The summed E-state index contributed by atoms with van der Waals surface area (Å²) in [6.07, 6.45) is 1.91. The van der Waals surface area contributed by atoms with Gasteiger partial charge < -0.3 is 14.8 Å². The average molecular weight is 279 g/mol. The van der Waals surface area contributed by atoms with Gasteiger partial charge in [0.1, 0.15) is 5.58 Å². The first-order valence-electron chi connectivity index (χ1n) is 6.00. The van der Waals surface area contributed by atoms with Gasteiger partial charge in [0.25, 0.3) is 5.91 Å². The number of hydrogen-bond donors (Lipinski definition) is 2. The first-order chi connectivity index (χ1) is 9.02. The van der Waals surface area contributed by atoms with Crippen LogP contribution < -0.4 is 5.32 Å². The van der Waals surface area contributed by atoms with Crippen LogP contribution in [0.15, 0.2) is 34.7 Å². The second-order valence-corrected chi connectivity index (χ2v) is 5.63. The molecule has 0 radical (unpaired) electrons. The maximum Gasteiger partial charge on any atom is 0.287 e. The first-order valence-corrected chi connectivity index (χ1v) is 7.39. The van der Waals surface area contributed by atoms with Crippen molar-refractivity contribution in [3.05, 3.63) is 36.1 Å². The summed E-state index contributed by atoms with van der Waals surface area (Å²) in [6.45, 7) is 1.89. The van der Waals surface area contributed by atoms with Crippen molar-refractivity contribution in [3.8, 4) is 0 Å². The van der Waals surface area contributed by atoms with Crippen LogP contribution in [0.1, 0.15) is 17.5 Å². The van der Waals surface area contributed by atoms with E-state index in [1.54, 1.807) is 13.0 Å². The molecule has 5 heteroatoms. The van der Waals surface area contributed by atoms with Crippen molar-refractivity contribution >= 4 is 28.6 Å². The van der Waals surface area contributed by atoms with Gasteiger partial charge in [0.15, 0.2) is 5.76 Å². The van der Waals surface area contributed by atoms with E-state index >= 15 is 0 Å². The van der Waals surface area contributed by atoms with Gasteiger partial charge in [0, 0.05) is 17.7 Å². The zero-order valence-electron chi connectivity index (χ0n) is 11.0. The topological polar surface area (TPSA) is 62.5 Å². The lowest BCUT2D eigenvalue weighted by Gasteiger charge is -2.22. The number of carbonyl (C=O) groups is 1. The maximum absolute atomic E-state index is 11.9. The monoisotopic (exact) mass is 279 g/mol. The number of nitrogens with one attached hydrogen (secondary N) is 1. The third-order valence-corrected chi connectivity index (χ3v) is 3.64. The van der Waals surface area contributed by atoms with E-state index in [1.807, 2.05) is 30.5 Å². The van der Waals surface area contributed by atoms with Gasteiger partial charge >= 0.3 is 0 Å². The zero-order valence-corrected chi connectivity index (χ0v) is 11.8. The number of carbonyl (C=O) groups excluding carboxylic acids is 1. The molecule has 0 spiro atoms. The molecule has 0 fully saturated rings. The molecule has 1 unspecified atom stereocenters. The first kappa shape index (κ1) is 14.0. The fourth-order valence-electron chi connectivity index (χ4n) is 1.81. The van der Waals surface area contributed by atoms with Crippen LogP contribution in [0.2, 0.25) is 0 Å². The van der Waals surface area contributed by atoms with Crippen molar-refractivity contribution < 1.29 is 14.3 Å². The van der Waals surface area contributed by atoms with Gasteiger partial charge in [-0.05, 0) is 25.3 Å². The third-order valence-electron chi connectivity index (χ3n) is 2.73. The zero-order chi connectivity index (χ0) is 13.9. The minimum absolute atomic E-state index is 0.198. The Labute approximate surface area is 116 Å². The normalized spacial score (nSPS) is 14.3. The molecule has 19 heavy (non-hydrogen) atoms. The summed E-state index contributed by atoms with van der Waals surface area (Å²) in [5.41, 5.74) is -0.232. The van der Waals surface area contributed by atoms with Crippen LogP contribution in [0, 0.1) is 0 Å². The molecular formula is C14H17NO3S. The van der Waals surface area contributed by atoms with Crippen LogP contribution in [-0.4, -0.2) is 35.2 Å². The molecule has 0 saturated carbocycles. The van der Waals surface area contributed by atoms with E-state index in [-0.39, 0.29) is 18.2 Å². The number of amides is 1. The van der Waals surface area contributed by atoms with Crippen molar-refractivity contribution in [1.29, 1.82) is 0 Å². The van der Waals surface area contributed by atoms with Gasteiger partial charge in [0.05, 0.1) is 5.60 Å². The third kappa shape index (κ3) is 3.52. The summed E-state index contributed by atoms with van der Waals surface area (Å²) in [4.78, 5) is 11.9. The number of furan rings is 1. The highest BCUT2D eigenvalue weighted by Crippen LogP contribution is 2.18. The minimum Gasteiger partial charge on any atom is -0.451 e. The van der Waals surface area contributed by atoms with Gasteiger partial charge in [-0.1, -0.05) is 18.2 Å². The maximum atomic E-state index is 11.9. The molecule has 2 N–H and O–H groups in total. The van der Waals surface area contributed by atoms with Gasteiger partial charge in [0.2, 0.25) is 0 Å². The van der Waals surface area contributed by atoms with Crippen LogP contribution in [0.5, 0.6) is 0 Å². The smallest absolute Gasteiger partial charge is 0.287 e. The fourth-order valence-corrected chi connectivity index (χ4v) is 2.54. The Morgan fingerprint density at radius 1 is 1.47 bits per heavy atom. The summed E-state index contributed by atoms with van der Waals surface area (Å²) >= 11 is 1.54. The van der Waals surface area contributed by atoms with Crippen LogP contribution >= 0.6 is 11.8 Å². The fraction of sp³-hybridized carbons (Fsp3) is 0.357. The molecule has 0 saturated heterocycles. The Bertz CT molecular complexity index is 544. The Morgan fingerprint density at radius 2 is 2.21 bits per heavy atom. The van der Waals surface area contributed by atoms with Crippen molar-refractivity contribution in [3.63, 3.8) is 0 Å². The Balaban J connectivity index is 2.04. The Hall–Kier alpha value is -1.46. The lowest BCUT2D eigenvalue weighted by molar-refractivity contribution is 0.0711. The van der Waals surface area contributed by atoms with Crippen molar-refractivity contribution in [2.45, 2.75) is 12.5 Å². The molecular weight excluding hydrogens is 262 g/mol. The molecule has 1 atom stereocenters. The van der Waals surface area contributed by atoms with Gasteiger partial charge in [-0.25, -0.2) is 0 Å². The SMILES string of the molecule is CSCC(C)(O)CNC(=O)c1cc2ccccc2o1. The van der Waals surface area contributed by atoms with Crippen molar-refractivity contribution in [2.75, 3.05) is 18.6 Å². The molecule has 1 amide bonds. The predicted octanol–water partition coefficient (Wildman–Crippen LogP) is 2.28. The van der Waals surface area contributed by atoms with Gasteiger partial charge in [-0.3, -0.25) is 4.79 Å². The summed E-state index contributed by atoms with van der Waals surface area (Å²) in [5.74, 6) is 0.520. The summed E-state index contributed by atoms with van der Waals surface area (Å²) in [5, 5.41) is 13.6. The molecule has 2 aromatic rings. The highest BCUT2D eigenvalue weighted by Gasteiger charge is 2.21. The Morgan fingerprint density at radius 3 is 2.89 bits per heavy atom. The largest absolute Gasteiger partial charge is 0.451 e. The minimum atomic E-state index is -0.916. The number of benzene rings is 1. The Kier molecular flexibility index (Phi) is 4.17. The summed E-state index contributed by atoms with van der Waals surface area (Å²) in [7, 11) is 0. The van der Waals surface area contributed by atoms with Crippen molar-refractivity contribution in [1.82, 2.24) is 5.32 Å². The second-order valence-electron chi connectivity index (χ2n) is 4.76. The lowest BCUT2D eigenvalue weighted by atomic mass is 10.1. The number of thioether (sulfide) groups is 1. The number of fused-ring (bicyclic) bond motifs is 1. The van der Waals surface area contributed by atoms with E-state index in [4.69, 9.17) is 4.42 Å². The standard InChI is InChI=1S/C14H17NO3S/c1-14(17,9-19-2)8-15-13(16)12-7-10-5-3-4-6-11(10)18-12/h3-7,17H,8-9H2,1-2H3,(H,15,16). The lowest BCUT2D eigenvalue weighted by Crippen LogP contribution is -2.42. The number of rotatable bonds is 5. The highest BCUT2D eigenvalue weighted by atomic mass is 32.2. The summed E-state index contributed by atoms with van der Waals surface area (Å²) in [6, 6.07) is 9.16. The van der Waals surface area contributed by atoms with Crippen molar-refractivity contribution in [2.24, 2.45) is 0 Å². The van der Waals surface area contributed by atoms with Gasteiger partial charge in [-0.15, -0.1) is 0 Å². The molecule has 0 aliphatic heterocycles. The molecule has 102 valence electrons. The number of aliphatic hydroxyl groups is 1. The van der Waals surface area contributed by atoms with Crippen LogP contribution in [-0.2, 0) is 0 Å². The summed E-state index contributed by atoms with van der Waals surface area (Å²) < 4.78 is 5.46. The van der Waals surface area contributed by atoms with Gasteiger partial charge in [-0.2, -0.15) is 11.8 Å². The average Bonchev–Trinajstić information content (AvgIpc) is 2.79. The van der Waals surface area contributed by atoms with E-state index in [1.165, 1.54) is 11.8 Å². The number of para-hydroxylation sites is 1. The van der Waals surface area contributed by atoms with E-state index in [2.05, 4.69) is 5.32 Å². The molecule has 0 aliphatic rings. The van der Waals surface area contributed by atoms with Crippen LogP contribution in [0.4, 0.5) is 0 Å². The van der Waals surface area contributed by atoms with Crippen LogP contribution in [0.25, 0.3) is 11.0 Å².